The summed E-state index contributed by atoms with van der Waals surface area (Å²) in [5, 5.41) is 0. The Hall–Kier alpha value is -1.50. The van der Waals surface area contributed by atoms with Gasteiger partial charge in [-0.05, 0) is 51.0 Å². The van der Waals surface area contributed by atoms with Gasteiger partial charge >= 0.3 is 0 Å². The van der Waals surface area contributed by atoms with Crippen LogP contribution in [0.25, 0.3) is 6.08 Å². The Balaban J connectivity index is 2.91. The van der Waals surface area contributed by atoms with Crippen molar-refractivity contribution in [3.05, 3.63) is 48.1 Å². The van der Waals surface area contributed by atoms with E-state index >= 15 is 0 Å². The minimum Gasteiger partial charge on any atom is -0.488 e. The first-order chi connectivity index (χ1) is 7.42. The topological polar surface area (TPSA) is 9.23 Å². The van der Waals surface area contributed by atoms with Crippen LogP contribution in [-0.4, -0.2) is 5.60 Å². The van der Waals surface area contributed by atoms with Gasteiger partial charge in [0.1, 0.15) is 11.4 Å². The quantitative estimate of drug-likeness (QED) is 0.682. The van der Waals surface area contributed by atoms with E-state index in [9.17, 15) is 0 Å². The molecule has 0 N–H and O–H groups in total. The van der Waals surface area contributed by atoms with Crippen LogP contribution in [0.5, 0.6) is 5.75 Å². The fraction of sp³-hybridized carbons (Fsp3) is 0.333. The van der Waals surface area contributed by atoms with Crippen molar-refractivity contribution in [2.45, 2.75) is 33.3 Å². The molecule has 0 atom stereocenters. The SMILES string of the molecule is C=C/C=C\c1ccc(OC(C)(C)C)cc1C. The third-order valence-electron chi connectivity index (χ3n) is 2.08. The van der Waals surface area contributed by atoms with E-state index in [4.69, 9.17) is 4.74 Å². The zero-order chi connectivity index (χ0) is 12.2. The molecule has 0 aliphatic rings. The summed E-state index contributed by atoms with van der Waals surface area (Å²) in [5.41, 5.74) is 2.26. The Morgan fingerprint density at radius 1 is 1.25 bits per heavy atom. The number of aryl methyl sites for hydroxylation is 1. The summed E-state index contributed by atoms with van der Waals surface area (Å²) < 4.78 is 5.80. The highest BCUT2D eigenvalue weighted by atomic mass is 16.5. The van der Waals surface area contributed by atoms with Crippen molar-refractivity contribution >= 4 is 6.08 Å². The van der Waals surface area contributed by atoms with Gasteiger partial charge in [0.25, 0.3) is 0 Å². The van der Waals surface area contributed by atoms with Gasteiger partial charge in [-0.2, -0.15) is 0 Å². The maximum atomic E-state index is 5.80. The number of benzene rings is 1. The highest BCUT2D eigenvalue weighted by Gasteiger charge is 2.11. The van der Waals surface area contributed by atoms with Crippen molar-refractivity contribution in [2.24, 2.45) is 0 Å². The van der Waals surface area contributed by atoms with Gasteiger partial charge in [-0.15, -0.1) is 0 Å². The minimum atomic E-state index is -0.148. The summed E-state index contributed by atoms with van der Waals surface area (Å²) in [6, 6.07) is 6.13. The van der Waals surface area contributed by atoms with Crippen LogP contribution in [0.3, 0.4) is 0 Å². The number of ether oxygens (including phenoxy) is 1. The number of hydrogen-bond donors (Lipinski definition) is 0. The maximum Gasteiger partial charge on any atom is 0.120 e. The largest absolute Gasteiger partial charge is 0.488 e. The zero-order valence-corrected chi connectivity index (χ0v) is 10.6. The lowest BCUT2D eigenvalue weighted by molar-refractivity contribution is 0.131. The van der Waals surface area contributed by atoms with E-state index in [1.54, 1.807) is 6.08 Å². The maximum absolute atomic E-state index is 5.80. The lowest BCUT2D eigenvalue weighted by atomic mass is 10.1. The van der Waals surface area contributed by atoms with Gasteiger partial charge in [0.2, 0.25) is 0 Å². The van der Waals surface area contributed by atoms with Crippen LogP contribution in [0, 0.1) is 6.92 Å². The Morgan fingerprint density at radius 3 is 2.44 bits per heavy atom. The zero-order valence-electron chi connectivity index (χ0n) is 10.6. The lowest BCUT2D eigenvalue weighted by Crippen LogP contribution is -2.22. The standard InChI is InChI=1S/C15H20O/c1-6-7-8-13-9-10-14(11-12(13)2)16-15(3,4)5/h6-11H,1H2,2-5H3/b8-7-. The highest BCUT2D eigenvalue weighted by molar-refractivity contribution is 5.56. The van der Waals surface area contributed by atoms with Crippen molar-refractivity contribution in [1.82, 2.24) is 0 Å². The van der Waals surface area contributed by atoms with E-state index in [1.165, 1.54) is 11.1 Å². The number of rotatable bonds is 3. The Labute approximate surface area is 98.5 Å². The Bertz CT molecular complexity index is 394. The summed E-state index contributed by atoms with van der Waals surface area (Å²) >= 11 is 0. The minimum absolute atomic E-state index is 0.148. The molecule has 0 aliphatic heterocycles. The van der Waals surface area contributed by atoms with E-state index < -0.39 is 0 Å². The van der Waals surface area contributed by atoms with Crippen molar-refractivity contribution in [3.63, 3.8) is 0 Å². The molecule has 0 radical (unpaired) electrons. The molecule has 0 bridgehead atoms. The fourth-order valence-electron chi connectivity index (χ4n) is 1.42. The molecule has 0 amide bonds. The van der Waals surface area contributed by atoms with Gasteiger partial charge in [0.15, 0.2) is 0 Å². The Kier molecular flexibility index (Phi) is 3.94. The normalized spacial score (nSPS) is 11.8. The molecule has 0 saturated heterocycles. The first-order valence-corrected chi connectivity index (χ1v) is 5.51. The predicted molar refractivity (Wildman–Crippen MR) is 70.8 cm³/mol. The molecule has 0 fully saturated rings. The van der Waals surface area contributed by atoms with Crippen LogP contribution in [0.1, 0.15) is 31.9 Å². The van der Waals surface area contributed by atoms with E-state index in [2.05, 4.69) is 25.6 Å². The molecule has 0 aliphatic carbocycles. The van der Waals surface area contributed by atoms with Crippen LogP contribution < -0.4 is 4.74 Å². The molecule has 1 nitrogen and oxygen atoms in total. The van der Waals surface area contributed by atoms with Crippen LogP contribution in [0.4, 0.5) is 0 Å². The van der Waals surface area contributed by atoms with Gasteiger partial charge in [-0.25, -0.2) is 0 Å². The number of hydrogen-bond acceptors (Lipinski definition) is 1. The average molecular weight is 216 g/mol. The Morgan fingerprint density at radius 2 is 1.94 bits per heavy atom. The lowest BCUT2D eigenvalue weighted by Gasteiger charge is -2.21. The predicted octanol–water partition coefficient (Wildman–Crippen LogP) is 4.37. The van der Waals surface area contributed by atoms with E-state index in [-0.39, 0.29) is 5.60 Å². The summed E-state index contributed by atoms with van der Waals surface area (Å²) in [4.78, 5) is 0. The molecule has 0 unspecified atom stereocenters. The van der Waals surface area contributed by atoms with Crippen molar-refractivity contribution in [3.8, 4) is 5.75 Å². The van der Waals surface area contributed by atoms with Crippen molar-refractivity contribution in [1.29, 1.82) is 0 Å². The molecule has 1 aromatic carbocycles. The molecule has 0 aromatic heterocycles. The van der Waals surface area contributed by atoms with Gasteiger partial charge in [0.05, 0.1) is 0 Å². The second kappa shape index (κ2) is 5.02. The fourth-order valence-corrected chi connectivity index (χ4v) is 1.42. The first-order valence-electron chi connectivity index (χ1n) is 5.51. The average Bonchev–Trinajstić information content (AvgIpc) is 2.14. The third-order valence-corrected chi connectivity index (χ3v) is 2.08. The van der Waals surface area contributed by atoms with Crippen LogP contribution >= 0.6 is 0 Å². The van der Waals surface area contributed by atoms with E-state index in [0.29, 0.717) is 0 Å². The molecule has 16 heavy (non-hydrogen) atoms. The second-order valence-electron chi connectivity index (χ2n) is 4.83. The van der Waals surface area contributed by atoms with Crippen molar-refractivity contribution < 1.29 is 4.74 Å². The third kappa shape index (κ3) is 3.93. The molecular weight excluding hydrogens is 196 g/mol. The number of allylic oxidation sites excluding steroid dienone is 2. The van der Waals surface area contributed by atoms with Gasteiger partial charge < -0.3 is 4.74 Å². The highest BCUT2D eigenvalue weighted by Crippen LogP contribution is 2.22. The summed E-state index contributed by atoms with van der Waals surface area (Å²) in [6.45, 7) is 11.9. The molecule has 1 rings (SSSR count). The summed E-state index contributed by atoms with van der Waals surface area (Å²) in [7, 11) is 0. The molecule has 1 aromatic rings. The molecule has 1 heteroatoms. The van der Waals surface area contributed by atoms with E-state index in [0.717, 1.165) is 5.75 Å². The van der Waals surface area contributed by atoms with Gasteiger partial charge in [-0.1, -0.05) is 30.9 Å². The molecule has 0 saturated carbocycles. The first kappa shape index (κ1) is 12.6. The summed E-state index contributed by atoms with van der Waals surface area (Å²) in [5.74, 6) is 0.917. The monoisotopic (exact) mass is 216 g/mol. The van der Waals surface area contributed by atoms with Crippen molar-refractivity contribution in [2.75, 3.05) is 0 Å². The molecular formula is C15H20O. The van der Waals surface area contributed by atoms with Gasteiger partial charge in [0, 0.05) is 0 Å². The molecule has 0 heterocycles. The van der Waals surface area contributed by atoms with Crippen LogP contribution in [0.2, 0.25) is 0 Å². The van der Waals surface area contributed by atoms with Crippen LogP contribution in [-0.2, 0) is 0 Å². The van der Waals surface area contributed by atoms with Crippen LogP contribution in [0.15, 0.2) is 36.9 Å². The second-order valence-corrected chi connectivity index (χ2v) is 4.83. The van der Waals surface area contributed by atoms with Gasteiger partial charge in [-0.3, -0.25) is 0 Å². The smallest absolute Gasteiger partial charge is 0.120 e. The molecule has 0 spiro atoms. The summed E-state index contributed by atoms with van der Waals surface area (Å²) in [6.07, 6.45) is 5.76. The van der Waals surface area contributed by atoms with E-state index in [1.807, 2.05) is 39.0 Å². The molecule has 86 valence electrons.